The lowest BCUT2D eigenvalue weighted by molar-refractivity contribution is -0.114. The van der Waals surface area contributed by atoms with E-state index in [4.69, 9.17) is 0 Å². The first-order valence-corrected chi connectivity index (χ1v) is 14.7. The highest BCUT2D eigenvalue weighted by atomic mass is 32.1. The van der Waals surface area contributed by atoms with E-state index in [1.165, 1.54) is 56.3 Å². The average molecular weight is 573 g/mol. The Kier molecular flexibility index (Phi) is 7.50. The number of anilines is 2. The zero-order chi connectivity index (χ0) is 28.5. The van der Waals surface area contributed by atoms with Crippen molar-refractivity contribution in [2.75, 3.05) is 30.3 Å². The average Bonchev–Trinajstić information content (AvgIpc) is 3.56. The van der Waals surface area contributed by atoms with Gasteiger partial charge < -0.3 is 16.0 Å². The molecule has 2 bridgehead atoms. The van der Waals surface area contributed by atoms with E-state index in [0.29, 0.717) is 51.3 Å². The van der Waals surface area contributed by atoms with Crippen molar-refractivity contribution >= 4 is 45.3 Å². The van der Waals surface area contributed by atoms with E-state index in [-0.39, 0.29) is 17.7 Å². The van der Waals surface area contributed by atoms with Crippen molar-refractivity contribution in [3.05, 3.63) is 59.8 Å². The first-order valence-electron chi connectivity index (χ1n) is 13.9. The number of rotatable bonds is 8. The van der Waals surface area contributed by atoms with Crippen LogP contribution in [0.3, 0.4) is 0 Å². The van der Waals surface area contributed by atoms with Crippen LogP contribution in [0.5, 0.6) is 0 Å². The standard InChI is InChI=1S/C29H32N8O3S/c1-17-24(11-20(13-32-17)27(39)31-9-10-36-15-19-3-5-22(36)6-4-19)35-28(40)23-14-33-37-16-26(41-29(23)37)25-12-21(7-8-30-25)34-18(2)38/h7-8,11-14,16,19,22H,3-6,9-10,15H2,1-2H3,(H,31,39)(H,35,40)(H,30,34,38). The Morgan fingerprint density at radius 1 is 1.05 bits per heavy atom. The summed E-state index contributed by atoms with van der Waals surface area (Å²) in [7, 11) is 0. The van der Waals surface area contributed by atoms with Crippen LogP contribution >= 0.6 is 11.3 Å². The second kappa shape index (κ2) is 11.4. The third kappa shape index (κ3) is 5.84. The Hall–Kier alpha value is -4.16. The molecule has 4 aromatic heterocycles. The van der Waals surface area contributed by atoms with Crippen LogP contribution in [-0.4, -0.2) is 67.9 Å². The zero-order valence-corrected chi connectivity index (χ0v) is 23.8. The molecule has 212 valence electrons. The normalized spacial score (nSPS) is 18.4. The Bertz CT molecular complexity index is 1620. The van der Waals surface area contributed by atoms with Crippen LogP contribution in [0.1, 0.15) is 59.0 Å². The number of nitrogens with one attached hydrogen (secondary N) is 3. The maximum absolute atomic E-state index is 13.3. The molecule has 7 rings (SSSR count). The molecule has 0 atom stereocenters. The van der Waals surface area contributed by atoms with Crippen LogP contribution in [0.2, 0.25) is 0 Å². The van der Waals surface area contributed by atoms with E-state index in [1.807, 2.05) is 0 Å². The molecule has 12 heteroatoms. The predicted octanol–water partition coefficient (Wildman–Crippen LogP) is 3.98. The van der Waals surface area contributed by atoms with Gasteiger partial charge in [-0.3, -0.25) is 29.3 Å². The van der Waals surface area contributed by atoms with E-state index in [1.54, 1.807) is 42.0 Å². The molecule has 2 aliphatic heterocycles. The van der Waals surface area contributed by atoms with Gasteiger partial charge in [0.05, 0.1) is 39.3 Å². The summed E-state index contributed by atoms with van der Waals surface area (Å²) < 4.78 is 1.63. The molecule has 3 N–H and O–H groups in total. The van der Waals surface area contributed by atoms with Gasteiger partial charge in [-0.25, -0.2) is 4.52 Å². The Balaban J connectivity index is 1.12. The largest absolute Gasteiger partial charge is 0.351 e. The molecule has 4 aromatic rings. The number of hydrogen-bond acceptors (Lipinski definition) is 8. The number of aromatic nitrogens is 4. The van der Waals surface area contributed by atoms with E-state index in [9.17, 15) is 14.4 Å². The maximum Gasteiger partial charge on any atom is 0.260 e. The third-order valence-corrected chi connectivity index (χ3v) is 9.02. The molecular formula is C29H32N8O3S. The van der Waals surface area contributed by atoms with E-state index < -0.39 is 0 Å². The van der Waals surface area contributed by atoms with Crippen molar-refractivity contribution in [3.63, 3.8) is 0 Å². The zero-order valence-electron chi connectivity index (χ0n) is 23.0. The number of thiazole rings is 1. The van der Waals surface area contributed by atoms with E-state index in [0.717, 1.165) is 23.9 Å². The minimum absolute atomic E-state index is 0.169. The van der Waals surface area contributed by atoms with Crippen LogP contribution in [0.15, 0.2) is 43.0 Å². The summed E-state index contributed by atoms with van der Waals surface area (Å²) in [6.07, 6.45) is 11.7. The molecule has 0 radical (unpaired) electrons. The predicted molar refractivity (Wildman–Crippen MR) is 157 cm³/mol. The van der Waals surface area contributed by atoms with Crippen molar-refractivity contribution in [2.24, 2.45) is 5.92 Å². The quantitative estimate of drug-likeness (QED) is 0.291. The highest BCUT2D eigenvalue weighted by Gasteiger charge is 2.33. The summed E-state index contributed by atoms with van der Waals surface area (Å²) in [5.74, 6) is 0.0764. The fraction of sp³-hybridized carbons (Fsp3) is 0.379. The number of nitrogens with zero attached hydrogens (tertiary/aromatic N) is 5. The Labute approximate surface area is 241 Å². The van der Waals surface area contributed by atoms with Crippen LogP contribution in [0.25, 0.3) is 15.4 Å². The van der Waals surface area contributed by atoms with Gasteiger partial charge in [0.2, 0.25) is 5.91 Å². The lowest BCUT2D eigenvalue weighted by Crippen LogP contribution is -2.50. The van der Waals surface area contributed by atoms with Crippen LogP contribution in [-0.2, 0) is 4.79 Å². The number of amides is 3. The molecule has 0 unspecified atom stereocenters. The van der Waals surface area contributed by atoms with Gasteiger partial charge >= 0.3 is 0 Å². The van der Waals surface area contributed by atoms with Crippen molar-refractivity contribution < 1.29 is 14.4 Å². The second-order valence-corrected chi connectivity index (χ2v) is 11.8. The second-order valence-electron chi connectivity index (χ2n) is 10.8. The van der Waals surface area contributed by atoms with Crippen molar-refractivity contribution in [2.45, 2.75) is 45.6 Å². The summed E-state index contributed by atoms with van der Waals surface area (Å²) in [4.78, 5) is 50.3. The van der Waals surface area contributed by atoms with Crippen molar-refractivity contribution in [1.29, 1.82) is 0 Å². The van der Waals surface area contributed by atoms with Crippen molar-refractivity contribution in [3.8, 4) is 10.6 Å². The molecule has 41 heavy (non-hydrogen) atoms. The van der Waals surface area contributed by atoms with Gasteiger partial charge in [-0.2, -0.15) is 5.10 Å². The molecule has 0 spiro atoms. The van der Waals surface area contributed by atoms with E-state index >= 15 is 0 Å². The van der Waals surface area contributed by atoms with Crippen LogP contribution in [0.4, 0.5) is 11.4 Å². The molecule has 2 saturated heterocycles. The molecule has 0 aromatic carbocycles. The van der Waals surface area contributed by atoms with Gasteiger partial charge in [-0.15, -0.1) is 11.3 Å². The van der Waals surface area contributed by atoms with Gasteiger partial charge in [-0.1, -0.05) is 0 Å². The van der Waals surface area contributed by atoms with Gasteiger partial charge in [0.25, 0.3) is 11.8 Å². The molecule has 1 aliphatic carbocycles. The van der Waals surface area contributed by atoms with Crippen LogP contribution in [0, 0.1) is 12.8 Å². The topological polar surface area (TPSA) is 134 Å². The summed E-state index contributed by atoms with van der Waals surface area (Å²) >= 11 is 1.37. The third-order valence-electron chi connectivity index (χ3n) is 7.88. The number of carbonyl (C=O) groups excluding carboxylic acids is 3. The van der Waals surface area contributed by atoms with Gasteiger partial charge in [0, 0.05) is 56.9 Å². The smallest absolute Gasteiger partial charge is 0.260 e. The maximum atomic E-state index is 13.3. The number of carbonyl (C=O) groups is 3. The fourth-order valence-corrected chi connectivity index (χ4v) is 6.77. The minimum Gasteiger partial charge on any atom is -0.351 e. The first kappa shape index (κ1) is 27.0. The number of hydrogen-bond donors (Lipinski definition) is 3. The van der Waals surface area contributed by atoms with Gasteiger partial charge in [0.15, 0.2) is 0 Å². The number of fused-ring (bicyclic) bond motifs is 4. The van der Waals surface area contributed by atoms with Gasteiger partial charge in [0.1, 0.15) is 4.83 Å². The highest BCUT2D eigenvalue weighted by Crippen LogP contribution is 2.34. The Morgan fingerprint density at radius 2 is 1.88 bits per heavy atom. The SMILES string of the molecule is CC(=O)Nc1ccnc(-c2cn3ncc(C(=O)Nc4cc(C(=O)NCCN5CC6CCC5CC6)cnc4C)c3s2)c1. The molecule has 6 heterocycles. The van der Waals surface area contributed by atoms with Crippen LogP contribution < -0.4 is 16.0 Å². The molecule has 11 nitrogen and oxygen atoms in total. The number of pyridine rings is 2. The molecule has 1 saturated carbocycles. The first-order chi connectivity index (χ1) is 19.8. The van der Waals surface area contributed by atoms with E-state index in [2.05, 4.69) is 35.9 Å². The molecule has 3 aliphatic rings. The minimum atomic E-state index is -0.351. The lowest BCUT2D eigenvalue weighted by atomic mass is 9.80. The molecule has 3 amide bonds. The fourth-order valence-electron chi connectivity index (χ4n) is 5.74. The van der Waals surface area contributed by atoms with Crippen molar-refractivity contribution in [1.82, 2.24) is 29.8 Å². The van der Waals surface area contributed by atoms with Gasteiger partial charge in [-0.05, 0) is 56.7 Å². The molecule has 3 fully saturated rings. The number of aryl methyl sites for hydroxylation is 1. The summed E-state index contributed by atoms with van der Waals surface area (Å²) in [5.41, 5.74) is 3.16. The number of piperidine rings is 2. The summed E-state index contributed by atoms with van der Waals surface area (Å²) in [5, 5.41) is 13.0. The monoisotopic (exact) mass is 572 g/mol. The highest BCUT2D eigenvalue weighted by molar-refractivity contribution is 7.21. The lowest BCUT2D eigenvalue weighted by Gasteiger charge is -2.45. The summed E-state index contributed by atoms with van der Waals surface area (Å²) in [6.45, 7) is 5.80. The Morgan fingerprint density at radius 3 is 2.63 bits per heavy atom. The molecular weight excluding hydrogens is 540 g/mol. The summed E-state index contributed by atoms with van der Waals surface area (Å²) in [6, 6.07) is 5.80.